The van der Waals surface area contributed by atoms with Crippen LogP contribution in [0.1, 0.15) is 27.2 Å². The van der Waals surface area contributed by atoms with Crippen molar-refractivity contribution in [2.75, 3.05) is 17.3 Å². The summed E-state index contributed by atoms with van der Waals surface area (Å²) in [7, 11) is -3.34. The number of anilines is 2. The van der Waals surface area contributed by atoms with Gasteiger partial charge in [0.2, 0.25) is 0 Å². The summed E-state index contributed by atoms with van der Waals surface area (Å²) in [5.74, 6) is 0.495. The van der Waals surface area contributed by atoms with Crippen LogP contribution in [0.4, 0.5) is 10.8 Å². The predicted molar refractivity (Wildman–Crippen MR) is 72.2 cm³/mol. The Labute approximate surface area is 107 Å². The first-order valence-corrected chi connectivity index (χ1v) is 8.15. The molecule has 1 atom stereocenters. The van der Waals surface area contributed by atoms with E-state index in [2.05, 4.69) is 30.5 Å². The molecule has 0 radical (unpaired) electrons. The van der Waals surface area contributed by atoms with Gasteiger partial charge in [-0.25, -0.2) is 8.42 Å². The summed E-state index contributed by atoms with van der Waals surface area (Å²) in [4.78, 5) is 0.126. The molecule has 0 aliphatic rings. The minimum atomic E-state index is -3.34. The monoisotopic (exact) mass is 277 g/mol. The van der Waals surface area contributed by atoms with Crippen molar-refractivity contribution in [2.24, 2.45) is 5.92 Å². The van der Waals surface area contributed by atoms with Crippen LogP contribution in [0.3, 0.4) is 0 Å². The lowest BCUT2D eigenvalue weighted by Crippen LogP contribution is -2.24. The first kappa shape index (κ1) is 14.2. The largest absolute Gasteiger partial charge is 0.382 e. The molecule has 1 rings (SSSR count). The Morgan fingerprint density at radius 3 is 2.47 bits per heavy atom. The Morgan fingerprint density at radius 2 is 2.06 bits per heavy atom. The molecule has 0 fully saturated rings. The number of sulfone groups is 1. The molecule has 17 heavy (non-hydrogen) atoms. The van der Waals surface area contributed by atoms with Crippen molar-refractivity contribution < 1.29 is 8.42 Å². The highest BCUT2D eigenvalue weighted by molar-refractivity contribution is 7.91. The van der Waals surface area contributed by atoms with E-state index in [9.17, 15) is 8.42 Å². The quantitative estimate of drug-likeness (QED) is 0.859. The second-order valence-electron chi connectivity index (χ2n) is 4.40. The van der Waals surface area contributed by atoms with Crippen LogP contribution in [0.15, 0.2) is 4.90 Å². The highest BCUT2D eigenvalue weighted by Gasteiger charge is 2.23. The van der Waals surface area contributed by atoms with Crippen LogP contribution >= 0.6 is 11.5 Å². The molecule has 0 spiro atoms. The van der Waals surface area contributed by atoms with E-state index in [-0.39, 0.29) is 16.8 Å². The van der Waals surface area contributed by atoms with Gasteiger partial charge in [-0.2, -0.15) is 4.37 Å². The molecule has 1 heterocycles. The zero-order valence-electron chi connectivity index (χ0n) is 10.5. The molecule has 0 saturated heterocycles. The van der Waals surface area contributed by atoms with Gasteiger partial charge in [0.15, 0.2) is 15.7 Å². The van der Waals surface area contributed by atoms with Gasteiger partial charge in [0.05, 0.1) is 0 Å². The highest BCUT2D eigenvalue weighted by atomic mass is 32.2. The predicted octanol–water partition coefficient (Wildman–Crippen LogP) is 1.98. The van der Waals surface area contributed by atoms with Crippen LogP contribution in [-0.4, -0.2) is 25.1 Å². The van der Waals surface area contributed by atoms with E-state index in [1.807, 2.05) is 0 Å². The molecule has 1 aromatic rings. The fourth-order valence-corrected chi connectivity index (χ4v) is 3.77. The van der Waals surface area contributed by atoms with Crippen LogP contribution < -0.4 is 11.1 Å². The van der Waals surface area contributed by atoms with E-state index in [0.717, 1.165) is 24.2 Å². The Hall–Kier alpha value is -0.820. The molecule has 0 amide bonds. The molecule has 3 N–H and O–H groups in total. The molecular formula is C10H19N3O2S2. The average molecular weight is 277 g/mol. The first-order chi connectivity index (χ1) is 7.77. The number of nitrogens with one attached hydrogen (secondary N) is 1. The normalized spacial score (nSPS) is 13.9. The lowest BCUT2D eigenvalue weighted by molar-refractivity contribution is 0.511. The van der Waals surface area contributed by atoms with Gasteiger partial charge in [0.25, 0.3) is 0 Å². The van der Waals surface area contributed by atoms with Crippen molar-refractivity contribution in [2.45, 2.75) is 38.1 Å². The van der Waals surface area contributed by atoms with Crippen LogP contribution in [0.2, 0.25) is 0 Å². The molecular weight excluding hydrogens is 258 g/mol. The van der Waals surface area contributed by atoms with Crippen molar-refractivity contribution in [3.8, 4) is 0 Å². The maximum Gasteiger partial charge on any atom is 0.182 e. The third-order valence-corrected chi connectivity index (χ3v) is 4.68. The zero-order chi connectivity index (χ0) is 13.2. The third kappa shape index (κ3) is 3.32. The van der Waals surface area contributed by atoms with Gasteiger partial charge in [-0.15, -0.1) is 0 Å². The Kier molecular flexibility index (Phi) is 4.37. The Balaban J connectivity index is 3.08. The summed E-state index contributed by atoms with van der Waals surface area (Å²) in [5.41, 5.74) is 5.60. The summed E-state index contributed by atoms with van der Waals surface area (Å²) in [6.07, 6.45) is 2.06. The second-order valence-corrected chi connectivity index (χ2v) is 7.13. The van der Waals surface area contributed by atoms with E-state index in [4.69, 9.17) is 5.73 Å². The van der Waals surface area contributed by atoms with Crippen molar-refractivity contribution in [3.63, 3.8) is 0 Å². The van der Waals surface area contributed by atoms with Gasteiger partial charge in [-0.1, -0.05) is 20.8 Å². The number of nitrogens with two attached hydrogens (primary N) is 1. The Morgan fingerprint density at radius 1 is 1.47 bits per heavy atom. The first-order valence-electron chi connectivity index (χ1n) is 5.49. The van der Waals surface area contributed by atoms with Gasteiger partial charge < -0.3 is 11.1 Å². The Bertz CT molecular complexity index is 480. The van der Waals surface area contributed by atoms with Crippen molar-refractivity contribution >= 4 is 32.2 Å². The zero-order valence-corrected chi connectivity index (χ0v) is 12.2. The minimum Gasteiger partial charge on any atom is -0.382 e. The van der Waals surface area contributed by atoms with Gasteiger partial charge in [0, 0.05) is 12.3 Å². The van der Waals surface area contributed by atoms with Crippen LogP contribution in [0.5, 0.6) is 0 Å². The van der Waals surface area contributed by atoms with E-state index < -0.39 is 9.84 Å². The standard InChI is InChI=1S/C10H19N3O2S2/c1-5-7(6(2)3)12-10-8(17(4,14)15)9(11)13-16-10/h6-7,12H,5H2,1-4H3,(H2,11,13). The summed E-state index contributed by atoms with van der Waals surface area (Å²) < 4.78 is 27.2. The van der Waals surface area contributed by atoms with Crippen LogP contribution in [-0.2, 0) is 9.84 Å². The summed E-state index contributed by atoms with van der Waals surface area (Å²) >= 11 is 1.10. The van der Waals surface area contributed by atoms with E-state index in [0.29, 0.717) is 10.9 Å². The van der Waals surface area contributed by atoms with E-state index in [1.54, 1.807) is 0 Å². The molecule has 0 saturated carbocycles. The highest BCUT2D eigenvalue weighted by Crippen LogP contribution is 2.32. The maximum atomic E-state index is 11.6. The molecule has 0 aromatic carbocycles. The number of hydrogen-bond donors (Lipinski definition) is 2. The van der Waals surface area contributed by atoms with Crippen LogP contribution in [0.25, 0.3) is 0 Å². The van der Waals surface area contributed by atoms with Gasteiger partial charge in [-0.3, -0.25) is 0 Å². The fourth-order valence-electron chi connectivity index (χ4n) is 1.65. The van der Waals surface area contributed by atoms with Crippen LogP contribution in [0, 0.1) is 5.92 Å². The topological polar surface area (TPSA) is 85.1 Å². The third-order valence-electron chi connectivity index (χ3n) is 2.61. The number of nitrogens with zero attached hydrogens (tertiary/aromatic N) is 1. The van der Waals surface area contributed by atoms with Gasteiger partial charge in [0.1, 0.15) is 9.90 Å². The van der Waals surface area contributed by atoms with Crippen molar-refractivity contribution in [3.05, 3.63) is 0 Å². The number of hydrogen-bond acceptors (Lipinski definition) is 6. The molecule has 1 unspecified atom stereocenters. The fraction of sp³-hybridized carbons (Fsp3) is 0.700. The summed E-state index contributed by atoms with van der Waals surface area (Å²) in [5, 5.41) is 3.77. The average Bonchev–Trinajstić information content (AvgIpc) is 2.54. The van der Waals surface area contributed by atoms with Crippen molar-refractivity contribution in [1.82, 2.24) is 4.37 Å². The molecule has 5 nitrogen and oxygen atoms in total. The smallest absolute Gasteiger partial charge is 0.182 e. The number of aromatic nitrogens is 1. The lowest BCUT2D eigenvalue weighted by Gasteiger charge is -2.21. The van der Waals surface area contributed by atoms with E-state index >= 15 is 0 Å². The molecule has 1 aromatic heterocycles. The summed E-state index contributed by atoms with van der Waals surface area (Å²) in [6.45, 7) is 6.24. The molecule has 0 aliphatic heterocycles. The second kappa shape index (κ2) is 5.22. The lowest BCUT2D eigenvalue weighted by atomic mass is 10.0. The molecule has 0 aliphatic carbocycles. The number of nitrogen functional groups attached to an aromatic ring is 1. The maximum absolute atomic E-state index is 11.6. The van der Waals surface area contributed by atoms with Gasteiger partial charge in [-0.05, 0) is 23.9 Å². The molecule has 98 valence electrons. The van der Waals surface area contributed by atoms with E-state index in [1.165, 1.54) is 0 Å². The van der Waals surface area contributed by atoms with Gasteiger partial charge >= 0.3 is 0 Å². The minimum absolute atomic E-state index is 0.0820. The molecule has 7 heteroatoms. The molecule has 0 bridgehead atoms. The number of rotatable bonds is 5. The SMILES string of the molecule is CCC(Nc1snc(N)c1S(C)(=O)=O)C(C)C. The van der Waals surface area contributed by atoms with Crippen molar-refractivity contribution in [1.29, 1.82) is 0 Å². The summed E-state index contributed by atoms with van der Waals surface area (Å²) in [6, 6.07) is 0.218.